The van der Waals surface area contributed by atoms with Gasteiger partial charge in [0.1, 0.15) is 5.75 Å². The highest BCUT2D eigenvalue weighted by atomic mass is 19.3. The van der Waals surface area contributed by atoms with Gasteiger partial charge in [0.05, 0.1) is 17.2 Å². The Morgan fingerprint density at radius 1 is 1.23 bits per heavy atom. The Kier molecular flexibility index (Phi) is 6.05. The van der Waals surface area contributed by atoms with E-state index in [1.807, 2.05) is 0 Å². The SMILES string of the molecule is Cc1ccc(NC(=O)CNc2c(C)cccc2OC(F)F)cc1[N+](=O)[O-]. The minimum Gasteiger partial charge on any atom is -0.433 e. The number of ether oxygens (including phenoxy) is 1. The summed E-state index contributed by atoms with van der Waals surface area (Å²) in [4.78, 5) is 22.5. The summed E-state index contributed by atoms with van der Waals surface area (Å²) in [6, 6.07) is 8.93. The van der Waals surface area contributed by atoms with E-state index in [1.54, 1.807) is 32.0 Å². The normalized spacial score (nSPS) is 10.5. The van der Waals surface area contributed by atoms with Crippen LogP contribution in [0.1, 0.15) is 11.1 Å². The van der Waals surface area contributed by atoms with Crippen LogP contribution in [-0.2, 0) is 4.79 Å². The number of nitrogens with zero attached hydrogens (tertiary/aromatic N) is 1. The zero-order chi connectivity index (χ0) is 19.3. The molecular formula is C17H17F2N3O4. The first-order chi connectivity index (χ1) is 12.3. The lowest BCUT2D eigenvalue weighted by Gasteiger charge is -2.15. The summed E-state index contributed by atoms with van der Waals surface area (Å²) >= 11 is 0. The molecule has 0 fully saturated rings. The van der Waals surface area contributed by atoms with E-state index in [-0.39, 0.29) is 29.4 Å². The molecule has 2 N–H and O–H groups in total. The Hall–Kier alpha value is -3.23. The highest BCUT2D eigenvalue weighted by Crippen LogP contribution is 2.29. The number of rotatable bonds is 7. The number of amides is 1. The standard InChI is InChI=1S/C17H17F2N3O4/c1-10-6-7-12(8-13(10)22(24)25)21-15(23)9-20-16-11(2)4-3-5-14(16)26-17(18)19/h3-8,17,20H,9H2,1-2H3,(H,21,23). The number of nitro benzene ring substituents is 1. The van der Waals surface area contributed by atoms with Crippen LogP contribution >= 0.6 is 0 Å². The summed E-state index contributed by atoms with van der Waals surface area (Å²) in [5.74, 6) is -0.562. The van der Waals surface area contributed by atoms with Crippen molar-refractivity contribution in [3.05, 3.63) is 57.6 Å². The largest absolute Gasteiger partial charge is 0.433 e. The molecule has 0 spiro atoms. The predicted molar refractivity (Wildman–Crippen MR) is 92.8 cm³/mol. The van der Waals surface area contributed by atoms with Crippen LogP contribution in [0.15, 0.2) is 36.4 Å². The third kappa shape index (κ3) is 4.88. The molecule has 26 heavy (non-hydrogen) atoms. The van der Waals surface area contributed by atoms with E-state index in [2.05, 4.69) is 15.4 Å². The van der Waals surface area contributed by atoms with E-state index in [1.165, 1.54) is 18.2 Å². The molecule has 2 rings (SSSR count). The van der Waals surface area contributed by atoms with Gasteiger partial charge in [0.15, 0.2) is 0 Å². The van der Waals surface area contributed by atoms with E-state index in [0.717, 1.165) is 0 Å². The van der Waals surface area contributed by atoms with Gasteiger partial charge in [-0.2, -0.15) is 8.78 Å². The Labute approximate surface area is 148 Å². The number of anilines is 2. The van der Waals surface area contributed by atoms with Crippen molar-refractivity contribution in [2.75, 3.05) is 17.2 Å². The first kappa shape index (κ1) is 19.1. The summed E-state index contributed by atoms with van der Waals surface area (Å²) in [5.41, 5.74) is 1.53. The molecule has 2 aromatic rings. The number of para-hydroxylation sites is 1. The fourth-order valence-corrected chi connectivity index (χ4v) is 2.32. The molecule has 0 saturated heterocycles. The Bertz CT molecular complexity index is 828. The summed E-state index contributed by atoms with van der Waals surface area (Å²) in [6.07, 6.45) is 0. The Balaban J connectivity index is 2.06. The maximum Gasteiger partial charge on any atom is 0.387 e. The van der Waals surface area contributed by atoms with Crippen LogP contribution in [0.4, 0.5) is 25.8 Å². The van der Waals surface area contributed by atoms with Crippen LogP contribution in [0.2, 0.25) is 0 Å². The number of hydrogen-bond donors (Lipinski definition) is 2. The topological polar surface area (TPSA) is 93.5 Å². The fraction of sp³-hybridized carbons (Fsp3) is 0.235. The van der Waals surface area contributed by atoms with Gasteiger partial charge in [0, 0.05) is 17.3 Å². The van der Waals surface area contributed by atoms with Crippen molar-refractivity contribution < 1.29 is 23.2 Å². The minimum atomic E-state index is -2.99. The molecule has 9 heteroatoms. The lowest BCUT2D eigenvalue weighted by Crippen LogP contribution is -2.22. The molecule has 0 saturated carbocycles. The molecule has 0 radical (unpaired) electrons. The van der Waals surface area contributed by atoms with E-state index >= 15 is 0 Å². The van der Waals surface area contributed by atoms with Crippen LogP contribution in [0.5, 0.6) is 5.75 Å². The molecule has 0 aliphatic heterocycles. The van der Waals surface area contributed by atoms with Crippen LogP contribution in [-0.4, -0.2) is 24.0 Å². The van der Waals surface area contributed by atoms with Gasteiger partial charge in [-0.3, -0.25) is 14.9 Å². The third-order valence-electron chi connectivity index (χ3n) is 3.57. The molecule has 0 heterocycles. The number of halogens is 2. The molecule has 2 aromatic carbocycles. The fourth-order valence-electron chi connectivity index (χ4n) is 2.32. The first-order valence-corrected chi connectivity index (χ1v) is 7.61. The Morgan fingerprint density at radius 2 is 1.96 bits per heavy atom. The number of benzene rings is 2. The van der Waals surface area contributed by atoms with Gasteiger partial charge >= 0.3 is 6.61 Å². The summed E-state index contributed by atoms with van der Waals surface area (Å²) < 4.78 is 29.4. The second kappa shape index (κ2) is 8.24. The average Bonchev–Trinajstić information content (AvgIpc) is 2.55. The smallest absolute Gasteiger partial charge is 0.387 e. The van der Waals surface area contributed by atoms with E-state index < -0.39 is 17.4 Å². The number of alkyl halides is 2. The molecule has 0 unspecified atom stereocenters. The van der Waals surface area contributed by atoms with Crippen LogP contribution in [0, 0.1) is 24.0 Å². The zero-order valence-electron chi connectivity index (χ0n) is 14.1. The van der Waals surface area contributed by atoms with E-state index in [0.29, 0.717) is 11.1 Å². The number of aryl methyl sites for hydroxylation is 2. The van der Waals surface area contributed by atoms with Crippen molar-refractivity contribution in [3.63, 3.8) is 0 Å². The van der Waals surface area contributed by atoms with Gasteiger partial charge in [0.2, 0.25) is 5.91 Å². The highest BCUT2D eigenvalue weighted by molar-refractivity contribution is 5.94. The van der Waals surface area contributed by atoms with Crippen molar-refractivity contribution in [2.45, 2.75) is 20.5 Å². The van der Waals surface area contributed by atoms with Crippen molar-refractivity contribution in [2.24, 2.45) is 0 Å². The monoisotopic (exact) mass is 365 g/mol. The zero-order valence-corrected chi connectivity index (χ0v) is 14.1. The van der Waals surface area contributed by atoms with Gasteiger partial charge in [-0.15, -0.1) is 0 Å². The van der Waals surface area contributed by atoms with Gasteiger partial charge in [0.25, 0.3) is 5.69 Å². The number of hydrogen-bond acceptors (Lipinski definition) is 5. The quantitative estimate of drug-likeness (QED) is 0.574. The highest BCUT2D eigenvalue weighted by Gasteiger charge is 2.14. The van der Waals surface area contributed by atoms with E-state index in [9.17, 15) is 23.7 Å². The van der Waals surface area contributed by atoms with Gasteiger partial charge in [-0.1, -0.05) is 18.2 Å². The van der Waals surface area contributed by atoms with E-state index in [4.69, 9.17) is 0 Å². The van der Waals surface area contributed by atoms with Crippen molar-refractivity contribution >= 4 is 23.0 Å². The molecule has 0 aliphatic carbocycles. The molecule has 1 amide bonds. The molecule has 0 bridgehead atoms. The second-order valence-electron chi connectivity index (χ2n) is 5.49. The first-order valence-electron chi connectivity index (χ1n) is 7.61. The molecule has 138 valence electrons. The maximum absolute atomic E-state index is 12.5. The van der Waals surface area contributed by atoms with Gasteiger partial charge < -0.3 is 15.4 Å². The van der Waals surface area contributed by atoms with Crippen molar-refractivity contribution in [3.8, 4) is 5.75 Å². The van der Waals surface area contributed by atoms with Crippen LogP contribution in [0.25, 0.3) is 0 Å². The number of carbonyl (C=O) groups excluding carboxylic acids is 1. The molecule has 7 nitrogen and oxygen atoms in total. The van der Waals surface area contributed by atoms with Crippen LogP contribution in [0.3, 0.4) is 0 Å². The second-order valence-corrected chi connectivity index (χ2v) is 5.49. The average molecular weight is 365 g/mol. The summed E-state index contributed by atoms with van der Waals surface area (Å²) in [5, 5.41) is 16.2. The lowest BCUT2D eigenvalue weighted by molar-refractivity contribution is -0.385. The predicted octanol–water partition coefficient (Wildman–Crippen LogP) is 3.86. The number of nitrogens with one attached hydrogen (secondary N) is 2. The third-order valence-corrected chi connectivity index (χ3v) is 3.57. The molecule has 0 atom stereocenters. The molecule has 0 aromatic heterocycles. The Morgan fingerprint density at radius 3 is 2.62 bits per heavy atom. The molecule has 0 aliphatic rings. The molecular weight excluding hydrogens is 348 g/mol. The summed E-state index contributed by atoms with van der Waals surface area (Å²) in [6.45, 7) is 0.0569. The maximum atomic E-state index is 12.5. The van der Waals surface area contributed by atoms with Gasteiger partial charge in [-0.25, -0.2) is 0 Å². The minimum absolute atomic E-state index is 0.0706. The number of carbonyl (C=O) groups is 1. The van der Waals surface area contributed by atoms with Gasteiger partial charge in [-0.05, 0) is 31.5 Å². The van der Waals surface area contributed by atoms with Crippen molar-refractivity contribution in [1.29, 1.82) is 0 Å². The van der Waals surface area contributed by atoms with Crippen molar-refractivity contribution in [1.82, 2.24) is 0 Å². The number of nitro groups is 1. The van der Waals surface area contributed by atoms with Crippen LogP contribution < -0.4 is 15.4 Å². The lowest BCUT2D eigenvalue weighted by atomic mass is 10.2. The summed E-state index contributed by atoms with van der Waals surface area (Å²) in [7, 11) is 0.